The first-order chi connectivity index (χ1) is 11.7. The van der Waals surface area contributed by atoms with Crippen molar-refractivity contribution in [3.63, 3.8) is 0 Å². The number of amides is 1. The van der Waals surface area contributed by atoms with Crippen molar-refractivity contribution in [3.8, 4) is 17.2 Å². The Morgan fingerprint density at radius 1 is 1.12 bits per heavy atom. The van der Waals surface area contributed by atoms with Gasteiger partial charge in [0.25, 0.3) is 0 Å². The van der Waals surface area contributed by atoms with E-state index in [1.165, 1.54) is 12.8 Å². The third-order valence-corrected chi connectivity index (χ3v) is 4.26. The minimum Gasteiger partial charge on any atom is -0.496 e. The fraction of sp³-hybridized carbons (Fsp3) is 0.611. The average molecular weight is 373 g/mol. The molecule has 2 N–H and O–H groups in total. The molecule has 1 aromatic carbocycles. The molecular formula is C18H29ClN2O4. The van der Waals surface area contributed by atoms with Crippen LogP contribution in [0, 0.1) is 5.92 Å². The van der Waals surface area contributed by atoms with E-state index in [9.17, 15) is 4.79 Å². The summed E-state index contributed by atoms with van der Waals surface area (Å²) in [6, 6.07) is 5.37. The highest BCUT2D eigenvalue weighted by Crippen LogP contribution is 2.27. The van der Waals surface area contributed by atoms with Crippen LogP contribution in [0.5, 0.6) is 17.2 Å². The van der Waals surface area contributed by atoms with E-state index in [1.54, 1.807) is 32.4 Å². The van der Waals surface area contributed by atoms with Crippen LogP contribution < -0.4 is 24.8 Å². The smallest absolute Gasteiger partial charge is 0.220 e. The van der Waals surface area contributed by atoms with Crippen molar-refractivity contribution in [3.05, 3.63) is 18.2 Å². The Morgan fingerprint density at radius 3 is 2.32 bits per heavy atom. The number of piperidine rings is 1. The van der Waals surface area contributed by atoms with E-state index in [-0.39, 0.29) is 18.3 Å². The van der Waals surface area contributed by atoms with E-state index < -0.39 is 0 Å². The highest BCUT2D eigenvalue weighted by Gasteiger charge is 2.14. The lowest BCUT2D eigenvalue weighted by atomic mass is 9.93. The molecule has 1 fully saturated rings. The van der Waals surface area contributed by atoms with Crippen LogP contribution in [0.15, 0.2) is 18.2 Å². The zero-order valence-electron chi connectivity index (χ0n) is 15.0. The van der Waals surface area contributed by atoms with Crippen LogP contribution in [0.25, 0.3) is 0 Å². The number of ether oxygens (including phenoxy) is 3. The first-order valence-electron chi connectivity index (χ1n) is 8.54. The number of carbonyl (C=O) groups is 1. The Labute approximate surface area is 156 Å². The minimum absolute atomic E-state index is 0. The zero-order valence-corrected chi connectivity index (χ0v) is 15.8. The van der Waals surface area contributed by atoms with Gasteiger partial charge in [0.2, 0.25) is 5.91 Å². The van der Waals surface area contributed by atoms with Crippen molar-refractivity contribution < 1.29 is 19.0 Å². The van der Waals surface area contributed by atoms with E-state index in [2.05, 4.69) is 10.6 Å². The fourth-order valence-electron chi connectivity index (χ4n) is 2.82. The molecule has 1 heterocycles. The number of nitrogens with one attached hydrogen (secondary N) is 2. The van der Waals surface area contributed by atoms with Crippen molar-refractivity contribution in [2.45, 2.75) is 25.7 Å². The topological polar surface area (TPSA) is 68.8 Å². The van der Waals surface area contributed by atoms with Crippen LogP contribution in [0.4, 0.5) is 0 Å². The summed E-state index contributed by atoms with van der Waals surface area (Å²) in [5.74, 6) is 2.79. The zero-order chi connectivity index (χ0) is 17.2. The van der Waals surface area contributed by atoms with E-state index >= 15 is 0 Å². The van der Waals surface area contributed by atoms with E-state index in [4.69, 9.17) is 14.2 Å². The summed E-state index contributed by atoms with van der Waals surface area (Å²) in [5.41, 5.74) is 0. The molecule has 1 aliphatic rings. The molecule has 0 unspecified atom stereocenters. The van der Waals surface area contributed by atoms with Crippen LogP contribution in [-0.4, -0.2) is 46.4 Å². The van der Waals surface area contributed by atoms with Crippen molar-refractivity contribution >= 4 is 18.3 Å². The maximum absolute atomic E-state index is 11.9. The molecule has 0 bridgehead atoms. The Hall–Kier alpha value is -1.66. The first-order valence-corrected chi connectivity index (χ1v) is 8.54. The van der Waals surface area contributed by atoms with Gasteiger partial charge in [0.05, 0.1) is 20.8 Å². The van der Waals surface area contributed by atoms with Gasteiger partial charge < -0.3 is 24.8 Å². The Morgan fingerprint density at radius 2 is 1.72 bits per heavy atom. The summed E-state index contributed by atoms with van der Waals surface area (Å²) in [6.45, 7) is 3.05. The van der Waals surface area contributed by atoms with Gasteiger partial charge in [-0.3, -0.25) is 4.79 Å². The standard InChI is InChI=1S/C18H28N2O4.ClH/c1-22-15-11-16(23-2)13-17(12-15)24-10-9-20-18(21)4-3-14-5-7-19-8-6-14;/h11-14,19H,3-10H2,1-2H3,(H,20,21);1H. The van der Waals surface area contributed by atoms with Gasteiger partial charge in [-0.05, 0) is 38.3 Å². The lowest BCUT2D eigenvalue weighted by molar-refractivity contribution is -0.121. The molecule has 0 aliphatic carbocycles. The van der Waals surface area contributed by atoms with Gasteiger partial charge in [-0.2, -0.15) is 0 Å². The number of methoxy groups -OCH3 is 2. The van der Waals surface area contributed by atoms with E-state index in [1.807, 2.05) is 0 Å². The largest absolute Gasteiger partial charge is 0.496 e. The quantitative estimate of drug-likeness (QED) is 0.651. The molecule has 2 rings (SSSR count). The summed E-state index contributed by atoms with van der Waals surface area (Å²) in [7, 11) is 3.20. The van der Waals surface area contributed by atoms with Gasteiger partial charge in [0.1, 0.15) is 23.9 Å². The molecule has 25 heavy (non-hydrogen) atoms. The maximum atomic E-state index is 11.9. The average Bonchev–Trinajstić information content (AvgIpc) is 2.64. The molecule has 1 aromatic rings. The van der Waals surface area contributed by atoms with E-state index in [0.29, 0.717) is 42.7 Å². The van der Waals surface area contributed by atoms with Gasteiger partial charge >= 0.3 is 0 Å². The predicted octanol–water partition coefficient (Wildman–Crippen LogP) is 2.40. The Bertz CT molecular complexity index is 500. The second-order valence-electron chi connectivity index (χ2n) is 5.98. The molecule has 6 nitrogen and oxygen atoms in total. The lowest BCUT2D eigenvalue weighted by Gasteiger charge is -2.22. The normalized spacial score (nSPS) is 14.3. The summed E-state index contributed by atoms with van der Waals surface area (Å²) in [4.78, 5) is 11.9. The van der Waals surface area contributed by atoms with Crippen molar-refractivity contribution in [1.82, 2.24) is 10.6 Å². The molecule has 0 atom stereocenters. The Kier molecular flexibility index (Phi) is 10.1. The van der Waals surface area contributed by atoms with Crippen molar-refractivity contribution in [1.29, 1.82) is 0 Å². The molecule has 0 saturated carbocycles. The summed E-state index contributed by atoms with van der Waals surface area (Å²) in [6.07, 6.45) is 3.92. The van der Waals surface area contributed by atoms with Gasteiger partial charge in [0, 0.05) is 24.6 Å². The van der Waals surface area contributed by atoms with E-state index in [0.717, 1.165) is 19.5 Å². The third kappa shape index (κ3) is 7.84. The number of hydrogen-bond donors (Lipinski definition) is 2. The molecule has 1 aliphatic heterocycles. The van der Waals surface area contributed by atoms with Crippen LogP contribution in [-0.2, 0) is 4.79 Å². The number of halogens is 1. The summed E-state index contributed by atoms with van der Waals surface area (Å²) >= 11 is 0. The molecular weight excluding hydrogens is 344 g/mol. The fourth-order valence-corrected chi connectivity index (χ4v) is 2.82. The minimum atomic E-state index is 0. The van der Waals surface area contributed by atoms with Crippen LogP contribution >= 0.6 is 12.4 Å². The highest BCUT2D eigenvalue weighted by atomic mass is 35.5. The summed E-state index contributed by atoms with van der Waals surface area (Å²) < 4.78 is 16.0. The van der Waals surface area contributed by atoms with Gasteiger partial charge in [-0.15, -0.1) is 12.4 Å². The number of rotatable bonds is 9. The van der Waals surface area contributed by atoms with Gasteiger partial charge in [0.15, 0.2) is 0 Å². The van der Waals surface area contributed by atoms with Crippen molar-refractivity contribution in [2.24, 2.45) is 5.92 Å². The second kappa shape index (κ2) is 11.8. The molecule has 0 aromatic heterocycles. The van der Waals surface area contributed by atoms with Crippen LogP contribution in [0.1, 0.15) is 25.7 Å². The second-order valence-corrected chi connectivity index (χ2v) is 5.98. The highest BCUT2D eigenvalue weighted by molar-refractivity contribution is 5.85. The molecule has 142 valence electrons. The summed E-state index contributed by atoms with van der Waals surface area (Å²) in [5, 5.41) is 6.25. The maximum Gasteiger partial charge on any atom is 0.220 e. The molecule has 0 spiro atoms. The van der Waals surface area contributed by atoms with Crippen LogP contribution in [0.3, 0.4) is 0 Å². The lowest BCUT2D eigenvalue weighted by Crippen LogP contribution is -2.30. The van der Waals surface area contributed by atoms with Gasteiger partial charge in [-0.25, -0.2) is 0 Å². The molecule has 1 saturated heterocycles. The molecule has 7 heteroatoms. The predicted molar refractivity (Wildman–Crippen MR) is 100 cm³/mol. The molecule has 0 radical (unpaired) electrons. The number of hydrogen-bond acceptors (Lipinski definition) is 5. The SMILES string of the molecule is COc1cc(OC)cc(OCCNC(=O)CCC2CCNCC2)c1.Cl. The van der Waals surface area contributed by atoms with Crippen LogP contribution in [0.2, 0.25) is 0 Å². The number of carbonyl (C=O) groups excluding carboxylic acids is 1. The monoisotopic (exact) mass is 372 g/mol. The Balaban J connectivity index is 0.00000312. The number of benzene rings is 1. The first kappa shape index (κ1) is 21.4. The van der Waals surface area contributed by atoms with Crippen molar-refractivity contribution in [2.75, 3.05) is 40.5 Å². The molecule has 1 amide bonds. The van der Waals surface area contributed by atoms with Gasteiger partial charge in [-0.1, -0.05) is 0 Å². The third-order valence-electron chi connectivity index (χ3n) is 4.26.